The van der Waals surface area contributed by atoms with Gasteiger partial charge in [-0.15, -0.1) is 0 Å². The zero-order valence-electron chi connectivity index (χ0n) is 19.9. The van der Waals surface area contributed by atoms with E-state index in [0.29, 0.717) is 11.2 Å². The van der Waals surface area contributed by atoms with Gasteiger partial charge in [0.05, 0.1) is 17.8 Å². The second-order valence-electron chi connectivity index (χ2n) is 9.30. The maximum Gasteiger partial charge on any atom is 0.325 e. The van der Waals surface area contributed by atoms with Gasteiger partial charge >= 0.3 is 5.97 Å². The van der Waals surface area contributed by atoms with Crippen molar-refractivity contribution in [1.82, 2.24) is 14.8 Å². The number of likely N-dealkylation sites (N-methyl/N-ethyl adjacent to an activating group) is 1. The molecule has 1 saturated heterocycles. The zero-order chi connectivity index (χ0) is 24.2. The minimum Gasteiger partial charge on any atom is -0.465 e. The Morgan fingerprint density at radius 3 is 2.62 bits per heavy atom. The molecule has 1 aromatic heterocycles. The van der Waals surface area contributed by atoms with Crippen molar-refractivity contribution in [2.24, 2.45) is 0 Å². The van der Waals surface area contributed by atoms with Gasteiger partial charge in [-0.25, -0.2) is 4.39 Å². The first-order chi connectivity index (χ1) is 16.4. The van der Waals surface area contributed by atoms with E-state index in [-0.39, 0.29) is 36.2 Å². The average Bonchev–Trinajstić information content (AvgIpc) is 3.25. The first-order valence-corrected chi connectivity index (χ1v) is 12.1. The van der Waals surface area contributed by atoms with Gasteiger partial charge in [-0.3, -0.25) is 14.4 Å². The number of carbonyl (C=O) groups is 2. The summed E-state index contributed by atoms with van der Waals surface area (Å²) in [5.74, 6) is -1.77. The lowest BCUT2D eigenvalue weighted by Gasteiger charge is -2.25. The number of likely N-dealkylation sites (tertiary alicyclic amines) is 1. The number of nitrogens with zero attached hydrogens (tertiary/aromatic N) is 2. The molecule has 1 aliphatic carbocycles. The molecule has 2 fully saturated rings. The highest BCUT2D eigenvalue weighted by Gasteiger charge is 2.26. The van der Waals surface area contributed by atoms with Gasteiger partial charge in [-0.2, -0.15) is 0 Å². The third-order valence-electron chi connectivity index (χ3n) is 6.79. The summed E-state index contributed by atoms with van der Waals surface area (Å²) in [6, 6.07) is 3.20. The number of hydrogen-bond acceptors (Lipinski definition) is 6. The normalized spacial score (nSPS) is 19.3. The van der Waals surface area contributed by atoms with Crippen LogP contribution in [0.5, 0.6) is 0 Å². The van der Waals surface area contributed by atoms with Gasteiger partial charge < -0.3 is 24.8 Å². The number of pyridine rings is 1. The number of halogens is 1. The summed E-state index contributed by atoms with van der Waals surface area (Å²) in [7, 11) is 2.02. The van der Waals surface area contributed by atoms with Gasteiger partial charge in [0.2, 0.25) is 5.43 Å². The molecule has 1 saturated carbocycles. The number of hydrogen-bond donors (Lipinski definition) is 2. The third-order valence-corrected chi connectivity index (χ3v) is 6.79. The predicted octanol–water partition coefficient (Wildman–Crippen LogP) is 3.05. The van der Waals surface area contributed by atoms with Crippen molar-refractivity contribution >= 4 is 28.5 Å². The van der Waals surface area contributed by atoms with E-state index >= 15 is 4.39 Å². The van der Waals surface area contributed by atoms with Crippen molar-refractivity contribution in [2.45, 2.75) is 57.5 Å². The molecule has 2 N–H and O–H groups in total. The number of benzene rings is 1. The number of anilines is 1. The molecule has 1 unspecified atom stereocenters. The Labute approximate surface area is 198 Å². The highest BCUT2D eigenvalue weighted by Crippen LogP contribution is 2.30. The maximum absolute atomic E-state index is 15.1. The molecular formula is C25H33FN4O4. The van der Waals surface area contributed by atoms with E-state index in [2.05, 4.69) is 15.5 Å². The number of esters is 1. The molecular weight excluding hydrogens is 439 g/mol. The Morgan fingerprint density at radius 2 is 1.94 bits per heavy atom. The molecule has 0 radical (unpaired) electrons. The number of carbonyl (C=O) groups excluding carboxylic acids is 2. The van der Waals surface area contributed by atoms with Crippen molar-refractivity contribution in [2.75, 3.05) is 38.6 Å². The van der Waals surface area contributed by atoms with E-state index in [4.69, 9.17) is 4.74 Å². The first kappa shape index (κ1) is 24.2. The molecule has 9 heteroatoms. The number of rotatable bonds is 7. The van der Waals surface area contributed by atoms with Crippen molar-refractivity contribution in [1.29, 1.82) is 0 Å². The molecule has 1 aliphatic heterocycles. The van der Waals surface area contributed by atoms with Crippen LogP contribution < -0.4 is 16.1 Å². The van der Waals surface area contributed by atoms with E-state index in [1.54, 1.807) is 19.2 Å². The van der Waals surface area contributed by atoms with Gasteiger partial charge in [0.25, 0.3) is 5.91 Å². The fraction of sp³-hybridized carbons (Fsp3) is 0.560. The Balaban J connectivity index is 1.73. The lowest BCUT2D eigenvalue weighted by Crippen LogP contribution is -2.34. The molecule has 2 aliphatic rings. The molecule has 8 nitrogen and oxygen atoms in total. The van der Waals surface area contributed by atoms with Gasteiger partial charge in [0.1, 0.15) is 17.9 Å². The minimum atomic E-state index is -0.676. The monoisotopic (exact) mass is 472 g/mol. The summed E-state index contributed by atoms with van der Waals surface area (Å²) in [5, 5.41) is 5.95. The number of fused-ring (bicyclic) bond motifs is 1. The Kier molecular flexibility index (Phi) is 7.50. The van der Waals surface area contributed by atoms with Crippen LogP contribution in [-0.4, -0.2) is 60.7 Å². The van der Waals surface area contributed by atoms with Crippen LogP contribution in [0, 0.1) is 5.82 Å². The quantitative estimate of drug-likeness (QED) is 0.602. The molecule has 4 rings (SSSR count). The lowest BCUT2D eigenvalue weighted by atomic mass is 9.95. The topological polar surface area (TPSA) is 92.7 Å². The Bertz CT molecular complexity index is 1130. The molecule has 0 spiro atoms. The molecule has 184 valence electrons. The summed E-state index contributed by atoms with van der Waals surface area (Å²) >= 11 is 0. The average molecular weight is 473 g/mol. The Hall–Kier alpha value is -2.94. The van der Waals surface area contributed by atoms with Crippen molar-refractivity contribution in [3.63, 3.8) is 0 Å². The number of aromatic nitrogens is 1. The van der Waals surface area contributed by atoms with E-state index in [1.807, 2.05) is 11.6 Å². The van der Waals surface area contributed by atoms with Gasteiger partial charge in [-0.05, 0) is 51.9 Å². The van der Waals surface area contributed by atoms with Crippen LogP contribution in [0.1, 0.15) is 61.8 Å². The summed E-state index contributed by atoms with van der Waals surface area (Å²) in [4.78, 5) is 39.9. The van der Waals surface area contributed by atoms with Crippen LogP contribution in [0.25, 0.3) is 10.9 Å². The van der Waals surface area contributed by atoms with Crippen LogP contribution in [0.2, 0.25) is 0 Å². The van der Waals surface area contributed by atoms with E-state index in [9.17, 15) is 14.4 Å². The highest BCUT2D eigenvalue weighted by molar-refractivity contribution is 5.99. The zero-order valence-corrected chi connectivity index (χ0v) is 19.9. The van der Waals surface area contributed by atoms with E-state index in [0.717, 1.165) is 45.2 Å². The summed E-state index contributed by atoms with van der Waals surface area (Å²) in [5.41, 5.74) is 0.325. The molecule has 1 aromatic carbocycles. The molecule has 2 heterocycles. The number of ether oxygens (including phenoxy) is 1. The number of nitrogens with one attached hydrogen (secondary N) is 2. The van der Waals surface area contributed by atoms with E-state index in [1.165, 1.54) is 12.5 Å². The summed E-state index contributed by atoms with van der Waals surface area (Å²) < 4.78 is 21.9. The van der Waals surface area contributed by atoms with Gasteiger partial charge in [0.15, 0.2) is 0 Å². The molecule has 1 amide bonds. The summed E-state index contributed by atoms with van der Waals surface area (Å²) in [6.45, 7) is 3.17. The first-order valence-electron chi connectivity index (χ1n) is 12.1. The van der Waals surface area contributed by atoms with Crippen molar-refractivity contribution in [3.8, 4) is 0 Å². The third kappa shape index (κ3) is 5.24. The van der Waals surface area contributed by atoms with Crippen LogP contribution in [0.15, 0.2) is 23.1 Å². The Morgan fingerprint density at radius 1 is 1.18 bits per heavy atom. The fourth-order valence-electron chi connectivity index (χ4n) is 5.01. The van der Waals surface area contributed by atoms with Crippen LogP contribution >= 0.6 is 0 Å². The standard InChI is InChI=1S/C25H33FN4O4/c1-3-34-23(31)13-27-25(33)19-15-30(17-9-10-29(2)14-17)22-12-21(20(26)11-18(22)24(19)32)28-16-7-5-4-6-8-16/h11-12,15-17,28H,3-10,13-14H2,1-2H3,(H,27,33). The molecule has 2 aromatic rings. The lowest BCUT2D eigenvalue weighted by molar-refractivity contribution is -0.141. The number of amides is 1. The van der Waals surface area contributed by atoms with E-state index < -0.39 is 23.1 Å². The second-order valence-corrected chi connectivity index (χ2v) is 9.30. The molecule has 0 bridgehead atoms. The minimum absolute atomic E-state index is 0.0395. The van der Waals surface area contributed by atoms with Crippen molar-refractivity contribution in [3.05, 3.63) is 39.9 Å². The second kappa shape index (κ2) is 10.5. The van der Waals surface area contributed by atoms with Gasteiger partial charge in [0, 0.05) is 30.2 Å². The smallest absolute Gasteiger partial charge is 0.325 e. The fourth-order valence-corrected chi connectivity index (χ4v) is 5.01. The largest absolute Gasteiger partial charge is 0.465 e. The SMILES string of the molecule is CCOC(=O)CNC(=O)c1cn(C2CCN(C)C2)c2cc(NC3CCCCC3)c(F)cc2c1=O. The summed E-state index contributed by atoms with van der Waals surface area (Å²) in [6.07, 6.45) is 7.84. The molecule has 34 heavy (non-hydrogen) atoms. The van der Waals surface area contributed by atoms with Crippen LogP contribution in [0.4, 0.5) is 10.1 Å². The van der Waals surface area contributed by atoms with Crippen LogP contribution in [-0.2, 0) is 9.53 Å². The highest BCUT2D eigenvalue weighted by atomic mass is 19.1. The maximum atomic E-state index is 15.1. The van der Waals surface area contributed by atoms with Gasteiger partial charge in [-0.1, -0.05) is 19.3 Å². The van der Waals surface area contributed by atoms with Crippen molar-refractivity contribution < 1.29 is 18.7 Å². The molecule has 1 atom stereocenters. The predicted molar refractivity (Wildman–Crippen MR) is 129 cm³/mol. The van der Waals surface area contributed by atoms with Crippen LogP contribution in [0.3, 0.4) is 0 Å².